The molecule has 1 saturated heterocycles. The SMILES string of the molecule is O=C(c1ccco1)N1CCN(C(=O)C2Cc3ccccc3O2)CC1. The zero-order valence-corrected chi connectivity index (χ0v) is 13.2. The van der Waals surface area contributed by atoms with Crippen molar-refractivity contribution in [1.82, 2.24) is 9.80 Å². The van der Waals surface area contributed by atoms with Crippen LogP contribution in [0.15, 0.2) is 47.1 Å². The first-order chi connectivity index (χ1) is 11.7. The lowest BCUT2D eigenvalue weighted by atomic mass is 10.1. The maximum atomic E-state index is 12.7. The molecule has 1 atom stereocenters. The van der Waals surface area contributed by atoms with Crippen molar-refractivity contribution in [3.8, 4) is 5.75 Å². The van der Waals surface area contributed by atoms with Crippen LogP contribution in [0.5, 0.6) is 5.75 Å². The predicted octanol–water partition coefficient (Wildman–Crippen LogP) is 1.57. The van der Waals surface area contributed by atoms with E-state index in [1.165, 1.54) is 6.26 Å². The normalized spacial score (nSPS) is 19.8. The van der Waals surface area contributed by atoms with Gasteiger partial charge < -0.3 is 19.0 Å². The molecule has 6 heteroatoms. The van der Waals surface area contributed by atoms with Crippen LogP contribution in [0.1, 0.15) is 16.1 Å². The van der Waals surface area contributed by atoms with Gasteiger partial charge in [0.2, 0.25) is 0 Å². The Morgan fingerprint density at radius 2 is 1.71 bits per heavy atom. The smallest absolute Gasteiger partial charge is 0.289 e. The third-order valence-corrected chi connectivity index (χ3v) is 4.53. The fourth-order valence-corrected chi connectivity index (χ4v) is 3.21. The van der Waals surface area contributed by atoms with Crippen molar-refractivity contribution < 1.29 is 18.7 Å². The van der Waals surface area contributed by atoms with E-state index in [1.807, 2.05) is 24.3 Å². The molecule has 1 aromatic heterocycles. The van der Waals surface area contributed by atoms with E-state index in [0.29, 0.717) is 38.4 Å². The van der Waals surface area contributed by atoms with Gasteiger partial charge >= 0.3 is 0 Å². The van der Waals surface area contributed by atoms with Crippen LogP contribution in [-0.2, 0) is 11.2 Å². The summed E-state index contributed by atoms with van der Waals surface area (Å²) < 4.78 is 10.9. The van der Waals surface area contributed by atoms with Gasteiger partial charge in [0.1, 0.15) is 5.75 Å². The zero-order chi connectivity index (χ0) is 16.5. The van der Waals surface area contributed by atoms with E-state index in [4.69, 9.17) is 9.15 Å². The van der Waals surface area contributed by atoms with Crippen LogP contribution in [0, 0.1) is 0 Å². The number of benzene rings is 1. The third-order valence-electron chi connectivity index (χ3n) is 4.53. The first-order valence-corrected chi connectivity index (χ1v) is 8.08. The summed E-state index contributed by atoms with van der Waals surface area (Å²) in [6.45, 7) is 2.04. The Hall–Kier alpha value is -2.76. The maximum absolute atomic E-state index is 12.7. The predicted molar refractivity (Wildman–Crippen MR) is 85.8 cm³/mol. The van der Waals surface area contributed by atoms with E-state index in [-0.39, 0.29) is 11.8 Å². The van der Waals surface area contributed by atoms with E-state index < -0.39 is 6.10 Å². The molecule has 2 aliphatic rings. The fraction of sp³-hybridized carbons (Fsp3) is 0.333. The Morgan fingerprint density at radius 1 is 0.958 bits per heavy atom. The number of rotatable bonds is 2. The highest BCUT2D eigenvalue weighted by Crippen LogP contribution is 2.29. The number of nitrogens with zero attached hydrogens (tertiary/aromatic N) is 2. The highest BCUT2D eigenvalue weighted by atomic mass is 16.5. The summed E-state index contributed by atoms with van der Waals surface area (Å²) >= 11 is 0. The summed E-state index contributed by atoms with van der Waals surface area (Å²) in [5.74, 6) is 1.000. The average Bonchev–Trinajstić information content (AvgIpc) is 3.30. The van der Waals surface area contributed by atoms with Crippen molar-refractivity contribution in [2.75, 3.05) is 26.2 Å². The van der Waals surface area contributed by atoms with Gasteiger partial charge in [-0.2, -0.15) is 0 Å². The number of hydrogen-bond acceptors (Lipinski definition) is 4. The molecule has 0 N–H and O–H groups in total. The highest BCUT2D eigenvalue weighted by molar-refractivity contribution is 5.91. The monoisotopic (exact) mass is 326 g/mol. The molecule has 0 aliphatic carbocycles. The van der Waals surface area contributed by atoms with Gasteiger partial charge in [-0.15, -0.1) is 0 Å². The largest absolute Gasteiger partial charge is 0.480 e. The van der Waals surface area contributed by atoms with Crippen LogP contribution < -0.4 is 4.74 Å². The van der Waals surface area contributed by atoms with Crippen LogP contribution in [0.25, 0.3) is 0 Å². The third kappa shape index (κ3) is 2.64. The van der Waals surface area contributed by atoms with Gasteiger partial charge in [0, 0.05) is 32.6 Å². The molecule has 2 aromatic rings. The minimum absolute atomic E-state index is 0.00343. The fourth-order valence-electron chi connectivity index (χ4n) is 3.21. The van der Waals surface area contributed by atoms with Gasteiger partial charge in [-0.1, -0.05) is 18.2 Å². The van der Waals surface area contributed by atoms with Crippen molar-refractivity contribution in [3.05, 3.63) is 54.0 Å². The molecule has 3 heterocycles. The molecule has 0 spiro atoms. The molecule has 2 amide bonds. The first-order valence-electron chi connectivity index (χ1n) is 8.08. The second kappa shape index (κ2) is 6.03. The van der Waals surface area contributed by atoms with Crippen LogP contribution in [-0.4, -0.2) is 53.9 Å². The molecular formula is C18H18N2O4. The Balaban J connectivity index is 1.35. The lowest BCUT2D eigenvalue weighted by molar-refractivity contribution is -0.139. The van der Waals surface area contributed by atoms with Crippen molar-refractivity contribution in [1.29, 1.82) is 0 Å². The minimum Gasteiger partial charge on any atom is -0.480 e. The van der Waals surface area contributed by atoms with Gasteiger partial charge in [-0.3, -0.25) is 9.59 Å². The van der Waals surface area contributed by atoms with Crippen molar-refractivity contribution >= 4 is 11.8 Å². The average molecular weight is 326 g/mol. The Kier molecular flexibility index (Phi) is 3.72. The number of piperazine rings is 1. The van der Waals surface area contributed by atoms with E-state index in [2.05, 4.69) is 0 Å². The summed E-state index contributed by atoms with van der Waals surface area (Å²) in [5, 5.41) is 0. The Morgan fingerprint density at radius 3 is 2.42 bits per heavy atom. The first kappa shape index (κ1) is 14.8. The quantitative estimate of drug-likeness (QED) is 0.840. The highest BCUT2D eigenvalue weighted by Gasteiger charge is 2.34. The van der Waals surface area contributed by atoms with Crippen LogP contribution in [0.3, 0.4) is 0 Å². The molecule has 124 valence electrons. The molecular weight excluding hydrogens is 308 g/mol. The van der Waals surface area contributed by atoms with Gasteiger partial charge in [-0.05, 0) is 23.8 Å². The number of carbonyl (C=O) groups is 2. The van der Waals surface area contributed by atoms with Crippen molar-refractivity contribution in [3.63, 3.8) is 0 Å². The van der Waals surface area contributed by atoms with Gasteiger partial charge in [-0.25, -0.2) is 0 Å². The number of carbonyl (C=O) groups excluding carboxylic acids is 2. The molecule has 1 fully saturated rings. The number of amides is 2. The number of hydrogen-bond donors (Lipinski definition) is 0. The van der Waals surface area contributed by atoms with Crippen LogP contribution >= 0.6 is 0 Å². The van der Waals surface area contributed by atoms with Crippen molar-refractivity contribution in [2.45, 2.75) is 12.5 Å². The minimum atomic E-state index is -0.449. The Labute approximate surface area is 139 Å². The maximum Gasteiger partial charge on any atom is 0.289 e. The molecule has 0 radical (unpaired) electrons. The summed E-state index contributed by atoms with van der Waals surface area (Å²) in [5.41, 5.74) is 1.07. The number of fused-ring (bicyclic) bond motifs is 1. The van der Waals surface area contributed by atoms with Crippen LogP contribution in [0.4, 0.5) is 0 Å². The second-order valence-electron chi connectivity index (χ2n) is 6.01. The van der Waals surface area contributed by atoms with E-state index in [0.717, 1.165) is 11.3 Å². The summed E-state index contributed by atoms with van der Waals surface area (Å²) in [7, 11) is 0. The zero-order valence-electron chi connectivity index (χ0n) is 13.2. The van der Waals surface area contributed by atoms with Gasteiger partial charge in [0.25, 0.3) is 11.8 Å². The molecule has 0 saturated carbocycles. The van der Waals surface area contributed by atoms with Gasteiger partial charge in [0.05, 0.1) is 6.26 Å². The lowest BCUT2D eigenvalue weighted by Crippen LogP contribution is -2.53. The molecule has 2 aliphatic heterocycles. The second-order valence-corrected chi connectivity index (χ2v) is 6.01. The molecule has 24 heavy (non-hydrogen) atoms. The van der Waals surface area contributed by atoms with Crippen molar-refractivity contribution in [2.24, 2.45) is 0 Å². The summed E-state index contributed by atoms with van der Waals surface area (Å²) in [6.07, 6.45) is 1.65. The molecule has 4 rings (SSSR count). The van der Waals surface area contributed by atoms with E-state index in [9.17, 15) is 9.59 Å². The summed E-state index contributed by atoms with van der Waals surface area (Å²) in [4.78, 5) is 28.4. The Bertz CT molecular complexity index is 723. The lowest BCUT2D eigenvalue weighted by Gasteiger charge is -2.35. The summed E-state index contributed by atoms with van der Waals surface area (Å²) in [6, 6.07) is 11.1. The molecule has 0 bridgehead atoms. The van der Waals surface area contributed by atoms with E-state index >= 15 is 0 Å². The molecule has 1 unspecified atom stereocenters. The van der Waals surface area contributed by atoms with Crippen LogP contribution in [0.2, 0.25) is 0 Å². The molecule has 6 nitrogen and oxygen atoms in total. The van der Waals surface area contributed by atoms with Gasteiger partial charge in [0.15, 0.2) is 11.9 Å². The number of furan rings is 1. The molecule has 1 aromatic carbocycles. The topological polar surface area (TPSA) is 63.0 Å². The number of para-hydroxylation sites is 1. The van der Waals surface area contributed by atoms with E-state index in [1.54, 1.807) is 21.9 Å². The number of ether oxygens (including phenoxy) is 1. The standard InChI is InChI=1S/C18H18N2O4/c21-17(15-6-3-11-23-15)19-7-9-20(10-8-19)18(22)16-12-13-4-1-2-5-14(13)24-16/h1-6,11,16H,7-10,12H2.